The zero-order valence-electron chi connectivity index (χ0n) is 15.9. The normalized spacial score (nSPS) is 18.2. The van der Waals surface area contributed by atoms with Gasteiger partial charge in [-0.1, -0.05) is 26.0 Å². The van der Waals surface area contributed by atoms with Crippen molar-refractivity contribution in [3.63, 3.8) is 0 Å². The number of benzene rings is 1. The van der Waals surface area contributed by atoms with Crippen LogP contribution < -0.4 is 0 Å². The van der Waals surface area contributed by atoms with E-state index >= 15 is 0 Å². The van der Waals surface area contributed by atoms with Gasteiger partial charge in [0.2, 0.25) is 5.91 Å². The molecule has 5 nitrogen and oxygen atoms in total. The van der Waals surface area contributed by atoms with Crippen molar-refractivity contribution < 1.29 is 4.79 Å². The molecule has 1 amide bonds. The molecule has 1 saturated heterocycles. The molecule has 25 heavy (non-hydrogen) atoms. The molecule has 0 spiro atoms. The highest BCUT2D eigenvalue weighted by molar-refractivity contribution is 5.80. The van der Waals surface area contributed by atoms with Crippen LogP contribution in [-0.2, 0) is 11.3 Å². The van der Waals surface area contributed by atoms with Crippen LogP contribution >= 0.6 is 0 Å². The fraction of sp³-hybridized carbons (Fsp3) is 0.600. The quantitative estimate of drug-likeness (QED) is 0.777. The van der Waals surface area contributed by atoms with Crippen LogP contribution in [0.3, 0.4) is 0 Å². The van der Waals surface area contributed by atoms with E-state index in [-0.39, 0.29) is 11.8 Å². The Kier molecular flexibility index (Phi) is 5.42. The number of imidazole rings is 1. The first-order valence-corrected chi connectivity index (χ1v) is 9.33. The maximum atomic E-state index is 12.4. The van der Waals surface area contributed by atoms with Gasteiger partial charge in [-0.15, -0.1) is 0 Å². The summed E-state index contributed by atoms with van der Waals surface area (Å²) in [6.07, 6.45) is 1.67. The predicted molar refractivity (Wildman–Crippen MR) is 102 cm³/mol. The lowest BCUT2D eigenvalue weighted by atomic mass is 10.1. The molecular formula is C20H30N4O. The topological polar surface area (TPSA) is 41.4 Å². The average molecular weight is 342 g/mol. The summed E-state index contributed by atoms with van der Waals surface area (Å²) in [4.78, 5) is 21.5. The van der Waals surface area contributed by atoms with Crippen molar-refractivity contribution in [1.29, 1.82) is 0 Å². The van der Waals surface area contributed by atoms with Crippen molar-refractivity contribution in [2.24, 2.45) is 5.92 Å². The van der Waals surface area contributed by atoms with E-state index in [4.69, 9.17) is 4.98 Å². The molecule has 0 aliphatic carbocycles. The summed E-state index contributed by atoms with van der Waals surface area (Å²) in [5.41, 5.74) is 2.23. The Morgan fingerprint density at radius 2 is 2.04 bits per heavy atom. The lowest BCUT2D eigenvalue weighted by Crippen LogP contribution is -2.29. The summed E-state index contributed by atoms with van der Waals surface area (Å²) in [6, 6.07) is 8.32. The van der Waals surface area contributed by atoms with Crippen LogP contribution in [0, 0.1) is 5.92 Å². The van der Waals surface area contributed by atoms with E-state index in [1.54, 1.807) is 0 Å². The van der Waals surface area contributed by atoms with Crippen molar-refractivity contribution in [2.45, 2.75) is 39.2 Å². The highest BCUT2D eigenvalue weighted by Crippen LogP contribution is 2.31. The zero-order chi connectivity index (χ0) is 18.0. The Morgan fingerprint density at radius 1 is 1.28 bits per heavy atom. The number of rotatable bonds is 7. The summed E-state index contributed by atoms with van der Waals surface area (Å²) in [5, 5.41) is 0. The van der Waals surface area contributed by atoms with Gasteiger partial charge in [-0.3, -0.25) is 4.79 Å². The molecule has 1 atom stereocenters. The van der Waals surface area contributed by atoms with E-state index < -0.39 is 0 Å². The van der Waals surface area contributed by atoms with E-state index in [9.17, 15) is 4.79 Å². The third kappa shape index (κ3) is 4.03. The van der Waals surface area contributed by atoms with Gasteiger partial charge in [-0.05, 0) is 45.1 Å². The van der Waals surface area contributed by atoms with Crippen molar-refractivity contribution in [3.05, 3.63) is 30.1 Å². The largest absolute Gasteiger partial charge is 0.342 e. The maximum Gasteiger partial charge on any atom is 0.223 e. The van der Waals surface area contributed by atoms with Gasteiger partial charge in [0.05, 0.1) is 11.0 Å². The number of amides is 1. The third-order valence-corrected chi connectivity index (χ3v) is 4.84. The molecule has 1 unspecified atom stereocenters. The number of nitrogens with zero attached hydrogens (tertiary/aromatic N) is 4. The molecular weight excluding hydrogens is 312 g/mol. The molecule has 1 aliphatic rings. The summed E-state index contributed by atoms with van der Waals surface area (Å²) < 4.78 is 2.34. The fourth-order valence-corrected chi connectivity index (χ4v) is 3.75. The molecule has 1 aromatic heterocycles. The third-order valence-electron chi connectivity index (χ3n) is 4.84. The minimum absolute atomic E-state index is 0.206. The number of para-hydroxylation sites is 2. The summed E-state index contributed by atoms with van der Waals surface area (Å²) in [7, 11) is 4.21. The van der Waals surface area contributed by atoms with E-state index in [2.05, 4.69) is 55.6 Å². The molecule has 1 aliphatic heterocycles. The smallest absolute Gasteiger partial charge is 0.223 e. The second kappa shape index (κ2) is 7.56. The molecule has 3 rings (SSSR count). The minimum atomic E-state index is 0.206. The Morgan fingerprint density at radius 3 is 2.76 bits per heavy atom. The van der Waals surface area contributed by atoms with Crippen LogP contribution in [0.25, 0.3) is 11.0 Å². The van der Waals surface area contributed by atoms with Crippen molar-refractivity contribution in [2.75, 3.05) is 33.7 Å². The first-order chi connectivity index (χ1) is 12.0. The van der Waals surface area contributed by atoms with Crippen LogP contribution in [-0.4, -0.2) is 59.0 Å². The Labute approximate surface area is 150 Å². The molecule has 136 valence electrons. The van der Waals surface area contributed by atoms with Gasteiger partial charge < -0.3 is 14.4 Å². The van der Waals surface area contributed by atoms with Gasteiger partial charge in [-0.2, -0.15) is 0 Å². The fourth-order valence-electron chi connectivity index (χ4n) is 3.75. The van der Waals surface area contributed by atoms with Crippen LogP contribution in [0.4, 0.5) is 0 Å². The summed E-state index contributed by atoms with van der Waals surface area (Å²) in [6.45, 7) is 7.97. The lowest BCUT2D eigenvalue weighted by Gasteiger charge is -2.19. The van der Waals surface area contributed by atoms with Gasteiger partial charge >= 0.3 is 0 Å². The standard InChI is InChI=1S/C20H30N4O/c1-15(2)13-23-14-16(12-19(23)25)20-21-17-8-5-6-9-18(17)24(20)11-7-10-22(3)4/h5-6,8-9,15-16H,7,10-14H2,1-4H3. The van der Waals surface area contributed by atoms with Crippen molar-refractivity contribution in [3.8, 4) is 0 Å². The number of aryl methyl sites for hydroxylation is 1. The van der Waals surface area contributed by atoms with Gasteiger partial charge in [0.15, 0.2) is 0 Å². The second-order valence-electron chi connectivity index (χ2n) is 7.86. The number of likely N-dealkylation sites (tertiary alicyclic amines) is 1. The second-order valence-corrected chi connectivity index (χ2v) is 7.86. The van der Waals surface area contributed by atoms with Gasteiger partial charge in [-0.25, -0.2) is 4.98 Å². The number of hydrogen-bond acceptors (Lipinski definition) is 3. The number of hydrogen-bond donors (Lipinski definition) is 0. The SMILES string of the molecule is CC(C)CN1CC(c2nc3ccccc3n2CCCN(C)C)CC1=O. The average Bonchev–Trinajstić information content (AvgIpc) is 3.08. The first-order valence-electron chi connectivity index (χ1n) is 9.33. The van der Waals surface area contributed by atoms with Gasteiger partial charge in [0.25, 0.3) is 0 Å². The van der Waals surface area contributed by atoms with Crippen molar-refractivity contribution in [1.82, 2.24) is 19.4 Å². The van der Waals surface area contributed by atoms with Crippen LogP contribution in [0.5, 0.6) is 0 Å². The first kappa shape index (κ1) is 17.9. The molecule has 5 heteroatoms. The molecule has 0 bridgehead atoms. The zero-order valence-corrected chi connectivity index (χ0v) is 15.9. The highest BCUT2D eigenvalue weighted by Gasteiger charge is 2.34. The molecule has 0 radical (unpaired) electrons. The molecule has 2 heterocycles. The lowest BCUT2D eigenvalue weighted by molar-refractivity contribution is -0.128. The molecule has 0 N–H and O–H groups in total. The van der Waals surface area contributed by atoms with E-state index in [0.717, 1.165) is 43.9 Å². The van der Waals surface area contributed by atoms with Crippen LogP contribution in [0.2, 0.25) is 0 Å². The monoisotopic (exact) mass is 342 g/mol. The Hall–Kier alpha value is -1.88. The van der Waals surface area contributed by atoms with Gasteiger partial charge in [0.1, 0.15) is 5.82 Å². The molecule has 1 fully saturated rings. The number of carbonyl (C=O) groups is 1. The number of carbonyl (C=O) groups excluding carboxylic acids is 1. The minimum Gasteiger partial charge on any atom is -0.342 e. The Balaban J connectivity index is 1.86. The summed E-state index contributed by atoms with van der Waals surface area (Å²) in [5.74, 6) is 2.06. The number of fused-ring (bicyclic) bond motifs is 1. The van der Waals surface area contributed by atoms with E-state index in [0.29, 0.717) is 12.3 Å². The highest BCUT2D eigenvalue weighted by atomic mass is 16.2. The van der Waals surface area contributed by atoms with Crippen molar-refractivity contribution >= 4 is 16.9 Å². The molecule has 1 aromatic carbocycles. The number of aromatic nitrogens is 2. The van der Waals surface area contributed by atoms with E-state index in [1.165, 1.54) is 5.52 Å². The summed E-state index contributed by atoms with van der Waals surface area (Å²) >= 11 is 0. The Bertz CT molecular complexity index is 734. The predicted octanol–water partition coefficient (Wildman–Crippen LogP) is 2.96. The molecule has 2 aromatic rings. The van der Waals surface area contributed by atoms with Crippen LogP contribution in [0.1, 0.15) is 38.4 Å². The maximum absolute atomic E-state index is 12.4. The van der Waals surface area contributed by atoms with Crippen LogP contribution in [0.15, 0.2) is 24.3 Å². The van der Waals surface area contributed by atoms with Gasteiger partial charge in [0, 0.05) is 32.0 Å². The van der Waals surface area contributed by atoms with E-state index in [1.807, 2.05) is 11.0 Å². The molecule has 0 saturated carbocycles.